The topological polar surface area (TPSA) is 100 Å². The summed E-state index contributed by atoms with van der Waals surface area (Å²) in [6.45, 7) is 0. The van der Waals surface area contributed by atoms with Gasteiger partial charge in [0.1, 0.15) is 11.2 Å². The Bertz CT molecular complexity index is 3500. The fourth-order valence-corrected chi connectivity index (χ4v) is 8.37. The average molecular weight is 733 g/mol. The van der Waals surface area contributed by atoms with Crippen LogP contribution in [-0.2, 0) is 0 Å². The molecule has 0 aliphatic heterocycles. The summed E-state index contributed by atoms with van der Waals surface area (Å²) in [4.78, 5) is 29.6. The van der Waals surface area contributed by atoms with E-state index in [2.05, 4.69) is 103 Å². The lowest BCUT2D eigenvalue weighted by Crippen LogP contribution is -2.07. The third-order valence-electron chi connectivity index (χ3n) is 10.8. The molecule has 266 valence electrons. The summed E-state index contributed by atoms with van der Waals surface area (Å²) in [6.07, 6.45) is 11.2. The van der Waals surface area contributed by atoms with E-state index in [1.54, 1.807) is 6.20 Å². The molecule has 0 amide bonds. The maximum atomic E-state index is 6.86. The minimum absolute atomic E-state index is 0.471. The Labute approximate surface area is 324 Å². The molecule has 0 radical (unpaired) electrons. The van der Waals surface area contributed by atoms with Gasteiger partial charge in [-0.05, 0) is 41.5 Å². The number of hydrogen-bond donors (Lipinski definition) is 0. The number of furan rings is 1. The summed E-state index contributed by atoms with van der Waals surface area (Å²) in [5, 5.41) is 5.70. The predicted molar refractivity (Wildman–Crippen MR) is 225 cm³/mol. The van der Waals surface area contributed by atoms with Crippen LogP contribution in [0.25, 0.3) is 111 Å². The van der Waals surface area contributed by atoms with Crippen LogP contribution in [0, 0.1) is 0 Å². The molecule has 0 aliphatic rings. The summed E-state index contributed by atoms with van der Waals surface area (Å²) in [5.74, 6) is 1.59. The van der Waals surface area contributed by atoms with Crippen LogP contribution in [-0.4, -0.2) is 39.0 Å². The number of aromatic nitrogens is 8. The second-order valence-corrected chi connectivity index (χ2v) is 14.0. The fourth-order valence-electron chi connectivity index (χ4n) is 8.37. The lowest BCUT2D eigenvalue weighted by Gasteiger charge is -2.13. The monoisotopic (exact) mass is 732 g/mol. The number of fused-ring (bicyclic) bond motifs is 12. The van der Waals surface area contributed by atoms with E-state index in [1.165, 1.54) is 0 Å². The van der Waals surface area contributed by atoms with Gasteiger partial charge in [-0.3, -0.25) is 19.5 Å². The fraction of sp³-hybridized carbons (Fsp3) is 0. The van der Waals surface area contributed by atoms with Gasteiger partial charge >= 0.3 is 0 Å². The minimum Gasteiger partial charge on any atom is -0.455 e. The molecule has 12 rings (SSSR count). The second kappa shape index (κ2) is 12.2. The third-order valence-corrected chi connectivity index (χ3v) is 10.8. The van der Waals surface area contributed by atoms with Crippen molar-refractivity contribution >= 4 is 65.6 Å². The Balaban J connectivity index is 1.26. The van der Waals surface area contributed by atoms with Gasteiger partial charge in [0.2, 0.25) is 5.95 Å². The van der Waals surface area contributed by atoms with Crippen LogP contribution in [0.4, 0.5) is 0 Å². The molecule has 0 unspecified atom stereocenters. The van der Waals surface area contributed by atoms with Gasteiger partial charge < -0.3 is 8.98 Å². The summed E-state index contributed by atoms with van der Waals surface area (Å²) in [6, 6.07) is 45.3. The van der Waals surface area contributed by atoms with Crippen molar-refractivity contribution in [2.45, 2.75) is 0 Å². The van der Waals surface area contributed by atoms with Crippen molar-refractivity contribution in [3.8, 4) is 45.5 Å². The smallest absolute Gasteiger partial charge is 0.238 e. The molecule has 0 atom stereocenters. The number of nitrogens with zero attached hydrogens (tertiary/aromatic N) is 8. The van der Waals surface area contributed by atoms with Gasteiger partial charge in [-0.15, -0.1) is 0 Å². The zero-order valence-corrected chi connectivity index (χ0v) is 30.2. The molecule has 9 heteroatoms. The van der Waals surface area contributed by atoms with E-state index in [0.29, 0.717) is 17.6 Å². The highest BCUT2D eigenvalue weighted by Crippen LogP contribution is 2.49. The molecule has 9 nitrogen and oxygen atoms in total. The molecule has 12 aromatic rings. The Morgan fingerprint density at radius 1 is 0.404 bits per heavy atom. The largest absolute Gasteiger partial charge is 0.455 e. The van der Waals surface area contributed by atoms with Gasteiger partial charge in [0.05, 0.1) is 27.5 Å². The lowest BCUT2D eigenvalue weighted by atomic mass is 10.0. The van der Waals surface area contributed by atoms with Crippen LogP contribution < -0.4 is 0 Å². The van der Waals surface area contributed by atoms with Gasteiger partial charge in [-0.1, -0.05) is 103 Å². The summed E-state index contributed by atoms with van der Waals surface area (Å²) in [5.41, 5.74) is 10.2. The maximum absolute atomic E-state index is 6.86. The zero-order valence-electron chi connectivity index (χ0n) is 30.2. The number of rotatable bonds is 5. The highest BCUT2D eigenvalue weighted by molar-refractivity contribution is 6.39. The lowest BCUT2D eigenvalue weighted by molar-refractivity contribution is 0.672. The van der Waals surface area contributed by atoms with Crippen LogP contribution in [0.1, 0.15) is 0 Å². The molecular formula is C48H28N8O. The van der Waals surface area contributed by atoms with Gasteiger partial charge in [0.15, 0.2) is 11.6 Å². The molecule has 0 aliphatic carbocycles. The van der Waals surface area contributed by atoms with Crippen molar-refractivity contribution < 1.29 is 4.42 Å². The maximum Gasteiger partial charge on any atom is 0.238 e. The van der Waals surface area contributed by atoms with E-state index >= 15 is 0 Å². The first-order valence-corrected chi connectivity index (χ1v) is 18.7. The van der Waals surface area contributed by atoms with Crippen molar-refractivity contribution in [3.05, 3.63) is 171 Å². The molecule has 0 saturated heterocycles. The average Bonchev–Trinajstić information content (AvgIpc) is 3.95. The number of pyridine rings is 3. The second-order valence-electron chi connectivity index (χ2n) is 14.0. The summed E-state index contributed by atoms with van der Waals surface area (Å²) >= 11 is 0. The number of benzene rings is 5. The van der Waals surface area contributed by atoms with Crippen LogP contribution >= 0.6 is 0 Å². The Morgan fingerprint density at radius 2 is 0.912 bits per heavy atom. The standard InChI is InChI=1S/C48H28N8O/c1-4-10-29(11-5-1)30-16-18-32(19-17-30)47-52-46(31-12-6-2-7-13-31)53-48(54-47)56-38-21-24-50-27-35(38)42-44(56)43-40(41-36-28-51-25-22-39(36)57-45(41)42)34-26-49-23-20-37(34)55(43)33-14-8-3-9-15-33/h1-28H. The highest BCUT2D eigenvalue weighted by atomic mass is 16.3. The van der Waals surface area contributed by atoms with E-state index in [9.17, 15) is 0 Å². The quantitative estimate of drug-likeness (QED) is 0.174. The van der Waals surface area contributed by atoms with E-state index < -0.39 is 0 Å². The molecule has 0 fully saturated rings. The Morgan fingerprint density at radius 3 is 1.60 bits per heavy atom. The van der Waals surface area contributed by atoms with Crippen LogP contribution in [0.15, 0.2) is 175 Å². The SMILES string of the molecule is c1ccc(-c2ccc(-c3nc(-c4ccccc4)nc(-n4c5ccncc5c5c6oc7ccncc7c6c6c7cnccc7n(-c7ccccc7)c6c54)n3)cc2)cc1. The highest BCUT2D eigenvalue weighted by Gasteiger charge is 2.29. The molecular weight excluding hydrogens is 705 g/mol. The predicted octanol–water partition coefficient (Wildman–Crippen LogP) is 11.2. The molecule has 5 aromatic carbocycles. The number of para-hydroxylation sites is 1. The zero-order chi connectivity index (χ0) is 37.5. The Hall–Kier alpha value is -8.04. The third kappa shape index (κ3) is 4.69. The first-order chi connectivity index (χ1) is 28.3. The molecule has 0 spiro atoms. The summed E-state index contributed by atoms with van der Waals surface area (Å²) in [7, 11) is 0. The van der Waals surface area contributed by atoms with E-state index in [0.717, 1.165) is 93.5 Å². The van der Waals surface area contributed by atoms with E-state index in [-0.39, 0.29) is 0 Å². The Kier molecular flexibility index (Phi) is 6.73. The van der Waals surface area contributed by atoms with Gasteiger partial charge in [0, 0.05) is 80.9 Å². The minimum atomic E-state index is 0.471. The van der Waals surface area contributed by atoms with E-state index in [1.807, 2.05) is 85.6 Å². The van der Waals surface area contributed by atoms with Gasteiger partial charge in [-0.25, -0.2) is 4.98 Å². The van der Waals surface area contributed by atoms with E-state index in [4.69, 9.17) is 19.4 Å². The van der Waals surface area contributed by atoms with Crippen LogP contribution in [0.2, 0.25) is 0 Å². The number of hydrogen-bond acceptors (Lipinski definition) is 7. The van der Waals surface area contributed by atoms with Gasteiger partial charge in [-0.2, -0.15) is 9.97 Å². The van der Waals surface area contributed by atoms with Crippen LogP contribution in [0.3, 0.4) is 0 Å². The summed E-state index contributed by atoms with van der Waals surface area (Å²) < 4.78 is 11.3. The molecule has 0 bridgehead atoms. The molecule has 0 saturated carbocycles. The molecule has 0 N–H and O–H groups in total. The molecule has 57 heavy (non-hydrogen) atoms. The van der Waals surface area contributed by atoms with Crippen molar-refractivity contribution in [2.75, 3.05) is 0 Å². The molecule has 7 aromatic heterocycles. The first-order valence-electron chi connectivity index (χ1n) is 18.7. The van der Waals surface area contributed by atoms with Crippen molar-refractivity contribution in [1.82, 2.24) is 39.0 Å². The normalized spacial score (nSPS) is 11.9. The van der Waals surface area contributed by atoms with Crippen molar-refractivity contribution in [2.24, 2.45) is 0 Å². The molecule has 7 heterocycles. The van der Waals surface area contributed by atoms with Gasteiger partial charge in [0.25, 0.3) is 0 Å². The van der Waals surface area contributed by atoms with Crippen LogP contribution in [0.5, 0.6) is 0 Å². The first kappa shape index (κ1) is 31.3. The van der Waals surface area contributed by atoms with Crippen molar-refractivity contribution in [3.63, 3.8) is 0 Å². The van der Waals surface area contributed by atoms with Crippen molar-refractivity contribution in [1.29, 1.82) is 0 Å².